The standard InChI is InChI=1S/C16H20ClN3/c1-11-8-9-19-16(14(11)10-18)20(3)12(2)13-6-4-5-7-15(13)17/h4-9,12H,10,18H2,1-3H3. The van der Waals surface area contributed by atoms with Crippen LogP contribution < -0.4 is 10.6 Å². The topological polar surface area (TPSA) is 42.2 Å². The van der Waals surface area contributed by atoms with Gasteiger partial charge in [0.15, 0.2) is 0 Å². The molecular formula is C16H20ClN3. The molecule has 1 heterocycles. The van der Waals surface area contributed by atoms with Crippen molar-refractivity contribution < 1.29 is 0 Å². The van der Waals surface area contributed by atoms with Crippen LogP contribution in [0, 0.1) is 6.92 Å². The van der Waals surface area contributed by atoms with Crippen LogP contribution in [0.25, 0.3) is 0 Å². The minimum absolute atomic E-state index is 0.128. The zero-order valence-corrected chi connectivity index (χ0v) is 12.9. The summed E-state index contributed by atoms with van der Waals surface area (Å²) in [5.41, 5.74) is 9.19. The minimum atomic E-state index is 0.128. The number of nitrogens with two attached hydrogens (primary N) is 1. The van der Waals surface area contributed by atoms with Crippen LogP contribution in [0.15, 0.2) is 36.5 Å². The number of pyridine rings is 1. The number of halogens is 1. The highest BCUT2D eigenvalue weighted by Crippen LogP contribution is 2.31. The smallest absolute Gasteiger partial charge is 0.133 e. The Kier molecular flexibility index (Phi) is 4.63. The Morgan fingerprint density at radius 1 is 1.30 bits per heavy atom. The van der Waals surface area contributed by atoms with Crippen molar-refractivity contribution in [3.63, 3.8) is 0 Å². The van der Waals surface area contributed by atoms with Gasteiger partial charge < -0.3 is 10.6 Å². The lowest BCUT2D eigenvalue weighted by Gasteiger charge is -2.29. The molecule has 2 aromatic rings. The van der Waals surface area contributed by atoms with Crippen molar-refractivity contribution in [2.24, 2.45) is 5.73 Å². The van der Waals surface area contributed by atoms with Gasteiger partial charge in [0.25, 0.3) is 0 Å². The highest BCUT2D eigenvalue weighted by Gasteiger charge is 2.18. The Bertz CT molecular complexity index is 598. The normalized spacial score (nSPS) is 12.2. The van der Waals surface area contributed by atoms with E-state index in [2.05, 4.69) is 23.7 Å². The number of anilines is 1. The van der Waals surface area contributed by atoms with E-state index in [-0.39, 0.29) is 6.04 Å². The zero-order valence-electron chi connectivity index (χ0n) is 12.1. The molecule has 1 aromatic carbocycles. The summed E-state index contributed by atoms with van der Waals surface area (Å²) in [5.74, 6) is 0.917. The SMILES string of the molecule is Cc1ccnc(N(C)C(C)c2ccccc2Cl)c1CN. The lowest BCUT2D eigenvalue weighted by atomic mass is 10.1. The summed E-state index contributed by atoms with van der Waals surface area (Å²) in [4.78, 5) is 6.61. The van der Waals surface area contributed by atoms with E-state index in [0.29, 0.717) is 6.54 Å². The summed E-state index contributed by atoms with van der Waals surface area (Å²) in [6, 6.07) is 10.0. The second-order valence-corrected chi connectivity index (χ2v) is 5.35. The molecule has 1 unspecified atom stereocenters. The second kappa shape index (κ2) is 6.25. The van der Waals surface area contributed by atoms with Crippen molar-refractivity contribution in [2.75, 3.05) is 11.9 Å². The summed E-state index contributed by atoms with van der Waals surface area (Å²) in [6.07, 6.45) is 1.82. The van der Waals surface area contributed by atoms with Crippen LogP contribution in [0.1, 0.15) is 29.7 Å². The first-order chi connectivity index (χ1) is 9.56. The number of benzene rings is 1. The molecule has 0 saturated heterocycles. The number of hydrogen-bond donors (Lipinski definition) is 1. The van der Waals surface area contributed by atoms with Gasteiger partial charge in [0.05, 0.1) is 6.04 Å². The van der Waals surface area contributed by atoms with E-state index in [9.17, 15) is 0 Å². The van der Waals surface area contributed by atoms with Crippen molar-refractivity contribution in [3.8, 4) is 0 Å². The van der Waals surface area contributed by atoms with Gasteiger partial charge in [0.1, 0.15) is 5.82 Å². The quantitative estimate of drug-likeness (QED) is 0.933. The monoisotopic (exact) mass is 289 g/mol. The fourth-order valence-corrected chi connectivity index (χ4v) is 2.63. The summed E-state index contributed by atoms with van der Waals surface area (Å²) in [6.45, 7) is 4.65. The first-order valence-electron chi connectivity index (χ1n) is 6.68. The van der Waals surface area contributed by atoms with Gasteiger partial charge in [-0.05, 0) is 37.1 Å². The van der Waals surface area contributed by atoms with E-state index in [4.69, 9.17) is 17.3 Å². The molecule has 0 bridgehead atoms. The molecule has 0 aliphatic heterocycles. The summed E-state index contributed by atoms with van der Waals surface area (Å²) in [5, 5.41) is 0.772. The van der Waals surface area contributed by atoms with Crippen LogP contribution in [-0.2, 0) is 6.54 Å². The summed E-state index contributed by atoms with van der Waals surface area (Å²) in [7, 11) is 2.02. The highest BCUT2D eigenvalue weighted by atomic mass is 35.5. The Labute approximate surface area is 125 Å². The van der Waals surface area contributed by atoms with Gasteiger partial charge in [-0.3, -0.25) is 0 Å². The Morgan fingerprint density at radius 3 is 2.65 bits per heavy atom. The van der Waals surface area contributed by atoms with Crippen LogP contribution >= 0.6 is 11.6 Å². The molecular weight excluding hydrogens is 270 g/mol. The molecule has 1 aromatic heterocycles. The molecule has 0 fully saturated rings. The van der Waals surface area contributed by atoms with Crippen LogP contribution in [-0.4, -0.2) is 12.0 Å². The molecule has 20 heavy (non-hydrogen) atoms. The van der Waals surface area contributed by atoms with Gasteiger partial charge in [-0.25, -0.2) is 4.98 Å². The predicted molar refractivity (Wildman–Crippen MR) is 85.1 cm³/mol. The van der Waals surface area contributed by atoms with Crippen molar-refractivity contribution >= 4 is 17.4 Å². The molecule has 2 rings (SSSR count). The van der Waals surface area contributed by atoms with Gasteiger partial charge in [-0.2, -0.15) is 0 Å². The number of nitrogens with zero attached hydrogens (tertiary/aromatic N) is 2. The molecule has 106 valence electrons. The Morgan fingerprint density at radius 2 is 2.00 bits per heavy atom. The fourth-order valence-electron chi connectivity index (χ4n) is 2.34. The molecule has 3 nitrogen and oxygen atoms in total. The van der Waals surface area contributed by atoms with E-state index >= 15 is 0 Å². The lowest BCUT2D eigenvalue weighted by molar-refractivity contribution is 0.722. The first kappa shape index (κ1) is 14.8. The Hall–Kier alpha value is -1.58. The van der Waals surface area contributed by atoms with Crippen molar-refractivity contribution in [1.29, 1.82) is 0 Å². The molecule has 0 amide bonds. The van der Waals surface area contributed by atoms with Crippen LogP contribution in [0.4, 0.5) is 5.82 Å². The molecule has 1 atom stereocenters. The third-order valence-electron chi connectivity index (χ3n) is 3.74. The Balaban J connectivity index is 2.39. The van der Waals surface area contributed by atoms with Crippen molar-refractivity contribution in [3.05, 3.63) is 58.2 Å². The maximum atomic E-state index is 6.28. The molecule has 2 N–H and O–H groups in total. The van der Waals surface area contributed by atoms with E-state index in [1.54, 1.807) is 0 Å². The van der Waals surface area contributed by atoms with Crippen LogP contribution in [0.3, 0.4) is 0 Å². The average molecular weight is 290 g/mol. The molecule has 0 saturated carbocycles. The largest absolute Gasteiger partial charge is 0.353 e. The van der Waals surface area contributed by atoms with E-state index in [1.807, 2.05) is 43.6 Å². The molecule has 0 radical (unpaired) electrons. The number of hydrogen-bond acceptors (Lipinski definition) is 3. The maximum Gasteiger partial charge on any atom is 0.133 e. The van der Waals surface area contributed by atoms with Crippen molar-refractivity contribution in [2.45, 2.75) is 26.4 Å². The number of aromatic nitrogens is 1. The fraction of sp³-hybridized carbons (Fsp3) is 0.312. The lowest BCUT2D eigenvalue weighted by Crippen LogP contribution is -2.25. The van der Waals surface area contributed by atoms with Gasteiger partial charge in [-0.15, -0.1) is 0 Å². The number of aryl methyl sites for hydroxylation is 1. The third-order valence-corrected chi connectivity index (χ3v) is 4.09. The predicted octanol–water partition coefficient (Wildman–Crippen LogP) is 3.70. The van der Waals surface area contributed by atoms with Gasteiger partial charge in [0.2, 0.25) is 0 Å². The molecule has 0 aliphatic carbocycles. The summed E-state index contributed by atoms with van der Waals surface area (Å²) < 4.78 is 0. The van der Waals surface area contributed by atoms with Crippen LogP contribution in [0.2, 0.25) is 5.02 Å². The minimum Gasteiger partial charge on any atom is -0.353 e. The van der Waals surface area contributed by atoms with E-state index in [0.717, 1.165) is 27.5 Å². The van der Waals surface area contributed by atoms with E-state index in [1.165, 1.54) is 0 Å². The molecule has 4 heteroatoms. The third kappa shape index (κ3) is 2.79. The average Bonchev–Trinajstić information content (AvgIpc) is 2.46. The summed E-state index contributed by atoms with van der Waals surface area (Å²) >= 11 is 6.28. The van der Waals surface area contributed by atoms with Crippen molar-refractivity contribution in [1.82, 2.24) is 4.98 Å². The maximum absolute atomic E-state index is 6.28. The van der Waals surface area contributed by atoms with Gasteiger partial charge >= 0.3 is 0 Å². The van der Waals surface area contributed by atoms with Crippen LogP contribution in [0.5, 0.6) is 0 Å². The number of rotatable bonds is 4. The van der Waals surface area contributed by atoms with Gasteiger partial charge in [0, 0.05) is 30.4 Å². The first-order valence-corrected chi connectivity index (χ1v) is 7.05. The van der Waals surface area contributed by atoms with E-state index < -0.39 is 0 Å². The highest BCUT2D eigenvalue weighted by molar-refractivity contribution is 6.31. The molecule has 0 spiro atoms. The molecule has 0 aliphatic rings. The zero-order chi connectivity index (χ0) is 14.7. The van der Waals surface area contributed by atoms with Gasteiger partial charge in [-0.1, -0.05) is 29.8 Å². The second-order valence-electron chi connectivity index (χ2n) is 4.94.